The van der Waals surface area contributed by atoms with Crippen LogP contribution in [0.5, 0.6) is 0 Å². The third-order valence-corrected chi connectivity index (χ3v) is 2.30. The molecule has 0 aliphatic carbocycles. The summed E-state index contributed by atoms with van der Waals surface area (Å²) in [5, 5.41) is 5.15. The summed E-state index contributed by atoms with van der Waals surface area (Å²) in [5.74, 6) is 0. The Hall–Kier alpha value is -1.20. The van der Waals surface area contributed by atoms with E-state index in [1.54, 1.807) is 6.07 Å². The van der Waals surface area contributed by atoms with Crippen LogP contribution in [0, 0.1) is 0 Å². The average Bonchev–Trinajstić information content (AvgIpc) is 2.03. The number of benzene rings is 1. The van der Waals surface area contributed by atoms with Crippen LogP contribution in [0.15, 0.2) is 29.2 Å². The van der Waals surface area contributed by atoms with Crippen LogP contribution in [0.4, 0.5) is 0 Å². The standard InChI is InChI=1S/C7H7NO3S/c8-5-6-3-1-2-4-7(6)12(9,10)11/h1-5,8H,(H,9,10,11)/p+1. The molecule has 0 radical (unpaired) electrons. The van der Waals surface area contributed by atoms with E-state index in [4.69, 9.17) is 9.96 Å². The molecule has 4 nitrogen and oxygen atoms in total. The van der Waals surface area contributed by atoms with E-state index in [-0.39, 0.29) is 4.90 Å². The van der Waals surface area contributed by atoms with Gasteiger partial charge in [0.05, 0.1) is 5.56 Å². The summed E-state index contributed by atoms with van der Waals surface area (Å²) in [6, 6.07) is 5.93. The van der Waals surface area contributed by atoms with Crippen molar-refractivity contribution in [2.24, 2.45) is 0 Å². The van der Waals surface area contributed by atoms with Crippen molar-refractivity contribution in [2.75, 3.05) is 0 Å². The lowest BCUT2D eigenvalue weighted by Crippen LogP contribution is -2.30. The third-order valence-electron chi connectivity index (χ3n) is 1.38. The van der Waals surface area contributed by atoms with E-state index in [0.29, 0.717) is 5.56 Å². The second-order valence-corrected chi connectivity index (χ2v) is 3.57. The fourth-order valence-corrected chi connectivity index (χ4v) is 1.54. The second kappa shape index (κ2) is 3.04. The van der Waals surface area contributed by atoms with Gasteiger partial charge in [0.15, 0.2) is 6.21 Å². The minimum Gasteiger partial charge on any atom is -0.282 e. The van der Waals surface area contributed by atoms with Crippen molar-refractivity contribution in [2.45, 2.75) is 4.90 Å². The molecule has 5 heteroatoms. The lowest BCUT2D eigenvalue weighted by atomic mass is 10.2. The van der Waals surface area contributed by atoms with E-state index in [1.807, 2.05) is 0 Å². The monoisotopic (exact) mass is 186 g/mol. The Balaban J connectivity index is 3.43. The van der Waals surface area contributed by atoms with E-state index >= 15 is 0 Å². The Morgan fingerprint density at radius 2 is 1.92 bits per heavy atom. The van der Waals surface area contributed by atoms with Crippen LogP contribution in [-0.2, 0) is 10.1 Å². The molecule has 0 amide bonds. The van der Waals surface area contributed by atoms with Crippen LogP contribution < -0.4 is 5.41 Å². The Bertz CT molecular complexity index is 397. The Morgan fingerprint density at radius 3 is 2.33 bits per heavy atom. The Kier molecular flexibility index (Phi) is 2.25. The van der Waals surface area contributed by atoms with Crippen molar-refractivity contribution in [1.82, 2.24) is 0 Å². The average molecular weight is 186 g/mol. The van der Waals surface area contributed by atoms with Gasteiger partial charge in [0.2, 0.25) is 0 Å². The fraction of sp³-hybridized carbons (Fsp3) is 0. The van der Waals surface area contributed by atoms with Crippen molar-refractivity contribution in [3.63, 3.8) is 0 Å². The molecule has 12 heavy (non-hydrogen) atoms. The molecule has 0 atom stereocenters. The smallest absolute Gasteiger partial charge is 0.282 e. The molecule has 0 aliphatic heterocycles. The van der Waals surface area contributed by atoms with Gasteiger partial charge < -0.3 is 0 Å². The lowest BCUT2D eigenvalue weighted by Gasteiger charge is -1.97. The van der Waals surface area contributed by atoms with Crippen molar-refractivity contribution in [3.05, 3.63) is 29.8 Å². The summed E-state index contributed by atoms with van der Waals surface area (Å²) in [7, 11) is -4.16. The molecule has 64 valence electrons. The summed E-state index contributed by atoms with van der Waals surface area (Å²) < 4.78 is 30.1. The molecule has 0 saturated carbocycles. The zero-order valence-electron chi connectivity index (χ0n) is 6.14. The van der Waals surface area contributed by atoms with Crippen molar-refractivity contribution in [3.8, 4) is 0 Å². The molecule has 0 bridgehead atoms. The molecule has 3 N–H and O–H groups in total. The largest absolute Gasteiger partial charge is 0.295 e. The van der Waals surface area contributed by atoms with E-state index in [9.17, 15) is 8.42 Å². The second-order valence-electron chi connectivity index (χ2n) is 2.18. The molecule has 0 fully saturated rings. The van der Waals surface area contributed by atoms with E-state index < -0.39 is 10.1 Å². The van der Waals surface area contributed by atoms with Crippen LogP contribution in [0.2, 0.25) is 0 Å². The van der Waals surface area contributed by atoms with Gasteiger partial charge >= 0.3 is 0 Å². The first-order valence-corrected chi connectivity index (χ1v) is 4.61. The van der Waals surface area contributed by atoms with Gasteiger partial charge in [-0.2, -0.15) is 8.42 Å². The van der Waals surface area contributed by atoms with Gasteiger partial charge in [0.25, 0.3) is 10.1 Å². The van der Waals surface area contributed by atoms with E-state index in [2.05, 4.69) is 0 Å². The molecular weight excluding hydrogens is 178 g/mol. The summed E-state index contributed by atoms with van der Waals surface area (Å²) in [6.45, 7) is 0. The van der Waals surface area contributed by atoms with E-state index in [0.717, 1.165) is 6.21 Å². The van der Waals surface area contributed by atoms with Gasteiger partial charge in [-0.1, -0.05) is 12.1 Å². The topological polar surface area (TPSA) is 80.0 Å². The molecule has 1 rings (SSSR count). The summed E-state index contributed by atoms with van der Waals surface area (Å²) in [4.78, 5) is -0.174. The first-order chi connectivity index (χ1) is 5.55. The van der Waals surface area contributed by atoms with Crippen molar-refractivity contribution < 1.29 is 18.4 Å². The fourth-order valence-electron chi connectivity index (χ4n) is 0.853. The summed E-state index contributed by atoms with van der Waals surface area (Å²) in [5.41, 5.74) is 0.292. The number of nitrogens with two attached hydrogens (primary N) is 1. The van der Waals surface area contributed by atoms with Crippen LogP contribution in [0.1, 0.15) is 5.56 Å². The molecule has 0 aliphatic rings. The maximum absolute atomic E-state index is 10.7. The highest BCUT2D eigenvalue weighted by atomic mass is 32.2. The van der Waals surface area contributed by atoms with Gasteiger partial charge in [-0.05, 0) is 12.1 Å². The highest BCUT2D eigenvalue weighted by Gasteiger charge is 2.13. The Morgan fingerprint density at radius 1 is 1.33 bits per heavy atom. The zero-order chi connectivity index (χ0) is 9.19. The number of hydrogen-bond acceptors (Lipinski definition) is 2. The predicted molar refractivity (Wildman–Crippen MR) is 43.3 cm³/mol. The van der Waals surface area contributed by atoms with Gasteiger partial charge in [-0.15, -0.1) is 0 Å². The Labute approximate surface area is 70.1 Å². The third kappa shape index (κ3) is 1.69. The molecule has 0 heterocycles. The lowest BCUT2D eigenvalue weighted by molar-refractivity contribution is -0.104. The zero-order valence-corrected chi connectivity index (χ0v) is 6.95. The minimum absolute atomic E-state index is 0.174. The number of hydrogen-bond donors (Lipinski definition) is 2. The molecule has 0 saturated heterocycles. The quantitative estimate of drug-likeness (QED) is 0.464. The van der Waals surface area contributed by atoms with Crippen LogP contribution in [-0.4, -0.2) is 19.2 Å². The van der Waals surface area contributed by atoms with Gasteiger partial charge in [-0.25, -0.2) is 0 Å². The molecular formula is C7H8NO3S+. The van der Waals surface area contributed by atoms with Gasteiger partial charge in [0, 0.05) is 0 Å². The summed E-state index contributed by atoms with van der Waals surface area (Å²) >= 11 is 0. The molecule has 0 aromatic heterocycles. The first kappa shape index (κ1) is 8.89. The maximum Gasteiger partial charge on any atom is 0.295 e. The minimum atomic E-state index is -4.16. The van der Waals surface area contributed by atoms with Crippen molar-refractivity contribution in [1.29, 1.82) is 0 Å². The SMILES string of the molecule is [NH2+]=Cc1ccccc1S(=O)(=O)O. The van der Waals surface area contributed by atoms with Crippen molar-refractivity contribution >= 4 is 16.3 Å². The molecule has 0 unspecified atom stereocenters. The highest BCUT2D eigenvalue weighted by Crippen LogP contribution is 2.11. The van der Waals surface area contributed by atoms with Crippen LogP contribution >= 0.6 is 0 Å². The van der Waals surface area contributed by atoms with Gasteiger partial charge in [0.1, 0.15) is 4.90 Å². The normalized spacial score (nSPS) is 11.1. The maximum atomic E-state index is 10.7. The highest BCUT2D eigenvalue weighted by molar-refractivity contribution is 7.86. The predicted octanol–water partition coefficient (Wildman–Crippen LogP) is -0.889. The van der Waals surface area contributed by atoms with Crippen LogP contribution in [0.3, 0.4) is 0 Å². The summed E-state index contributed by atoms with van der Waals surface area (Å²) in [6.07, 6.45) is 1.13. The molecule has 1 aromatic carbocycles. The first-order valence-electron chi connectivity index (χ1n) is 3.17. The molecule has 0 spiro atoms. The van der Waals surface area contributed by atoms with Gasteiger partial charge in [-0.3, -0.25) is 9.96 Å². The van der Waals surface area contributed by atoms with Crippen LogP contribution in [0.25, 0.3) is 0 Å². The van der Waals surface area contributed by atoms with E-state index in [1.165, 1.54) is 18.2 Å². The number of rotatable bonds is 2. The molecule has 1 aromatic rings.